The molecule has 90 heavy (non-hydrogen) atoms. The van der Waals surface area contributed by atoms with E-state index in [4.69, 9.17) is 37.9 Å². The van der Waals surface area contributed by atoms with E-state index >= 15 is 26.4 Å². The van der Waals surface area contributed by atoms with Gasteiger partial charge in [0.05, 0.1) is 101 Å². The van der Waals surface area contributed by atoms with E-state index in [0.29, 0.717) is 120 Å². The van der Waals surface area contributed by atoms with E-state index < -0.39 is 65.6 Å². The lowest BCUT2D eigenvalue weighted by molar-refractivity contribution is -0.125. The van der Waals surface area contributed by atoms with Gasteiger partial charge in [-0.25, -0.2) is 25.4 Å². The van der Waals surface area contributed by atoms with Crippen LogP contribution in [0, 0.1) is 0 Å². The third kappa shape index (κ3) is 14.3. The molecule has 4 amide bonds. The van der Waals surface area contributed by atoms with Crippen molar-refractivity contribution in [3.8, 4) is 23.0 Å². The minimum atomic E-state index is -4.72. The summed E-state index contributed by atoms with van der Waals surface area (Å²) in [6.45, 7) is 21.7. The third-order valence-electron chi connectivity index (χ3n) is 17.7. The number of benzene rings is 4. The Morgan fingerprint density at radius 3 is 1.39 bits per heavy atom. The molecule has 0 radical (unpaired) electrons. The van der Waals surface area contributed by atoms with Crippen molar-refractivity contribution in [1.82, 2.24) is 20.4 Å². The molecule has 4 aliphatic heterocycles. The van der Waals surface area contributed by atoms with Gasteiger partial charge in [0, 0.05) is 67.9 Å². The molecule has 2 saturated carbocycles. The summed E-state index contributed by atoms with van der Waals surface area (Å²) in [6.07, 6.45) is 3.27. The number of amides is 4. The first-order valence-corrected chi connectivity index (χ1v) is 34.4. The van der Waals surface area contributed by atoms with E-state index in [2.05, 4.69) is 20.4 Å². The van der Waals surface area contributed by atoms with Crippen LogP contribution < -0.4 is 38.2 Å². The lowest BCUT2D eigenvalue weighted by Crippen LogP contribution is -2.46. The molecule has 0 atom stereocenters. The number of fused-ring (bicyclic) bond motifs is 4. The number of methoxy groups -OCH3 is 1. The first kappa shape index (κ1) is 66.5. The zero-order valence-electron chi connectivity index (χ0n) is 53.2. The number of rotatable bonds is 23. The zero-order chi connectivity index (χ0) is 64.2. The lowest BCUT2D eigenvalue weighted by atomic mass is 9.69. The minimum absolute atomic E-state index is 0.0278. The number of carbonyl (C=O) groups excluding carboxylic acids is 4. The smallest absolute Gasteiger partial charge is 0.274 e. The monoisotopic (exact) mass is 1280 g/mol. The number of carbonyl (C=O) groups is 4. The number of nitrogens with one attached hydrogen (secondary N) is 2. The van der Waals surface area contributed by atoms with Gasteiger partial charge in [-0.05, 0) is 184 Å². The van der Waals surface area contributed by atoms with Crippen LogP contribution >= 0.6 is 0 Å². The quantitative estimate of drug-likeness (QED) is 0.0681. The molecule has 6 aliphatic rings. The fourth-order valence-corrected chi connectivity index (χ4v) is 16.3. The van der Waals surface area contributed by atoms with Crippen LogP contribution in [0.5, 0.6) is 23.0 Å². The third-order valence-corrected chi connectivity index (χ3v) is 21.1. The van der Waals surface area contributed by atoms with Crippen LogP contribution in [-0.2, 0) is 59.4 Å². The normalized spacial score (nSPS) is 22.6. The molecule has 4 fully saturated rings. The van der Waals surface area contributed by atoms with E-state index in [1.54, 1.807) is 36.4 Å². The summed E-state index contributed by atoms with van der Waals surface area (Å²) in [6, 6.07) is 18.0. The van der Waals surface area contributed by atoms with Gasteiger partial charge in [0.15, 0.2) is 0 Å². The molecule has 4 aromatic carbocycles. The molecule has 2 N–H and O–H groups in total. The Kier molecular flexibility index (Phi) is 20.3. The average Bonchev–Trinajstić information content (AvgIpc) is 1.56. The van der Waals surface area contributed by atoms with Gasteiger partial charge in [-0.1, -0.05) is 0 Å². The van der Waals surface area contributed by atoms with Crippen molar-refractivity contribution in [2.45, 2.75) is 150 Å². The van der Waals surface area contributed by atoms with Gasteiger partial charge in [-0.2, -0.15) is 0 Å². The van der Waals surface area contributed by atoms with E-state index in [0.717, 1.165) is 47.9 Å². The number of hydrogen-bond acceptors (Lipinski definition) is 18. The molecular weight excluding hydrogens is 1200 g/mol. The Hall–Kier alpha value is -6.38. The zero-order valence-corrected chi connectivity index (χ0v) is 54.8. The van der Waals surface area contributed by atoms with Crippen LogP contribution in [0.3, 0.4) is 0 Å². The van der Waals surface area contributed by atoms with E-state index in [1.807, 2.05) is 48.5 Å². The molecule has 0 aromatic heterocycles. The largest absolute Gasteiger partial charge is 0.495 e. The Morgan fingerprint density at radius 2 is 0.967 bits per heavy atom. The van der Waals surface area contributed by atoms with Crippen LogP contribution in [0.25, 0.3) is 0 Å². The average molecular weight is 1290 g/mol. The van der Waals surface area contributed by atoms with Crippen LogP contribution in [0.2, 0.25) is 0 Å². The molecule has 22 nitrogen and oxygen atoms in total. The molecular formula is C66H88N6O16S2. The fourth-order valence-electron chi connectivity index (χ4n) is 13.1. The lowest BCUT2D eigenvalue weighted by Gasteiger charge is -2.36. The maximum absolute atomic E-state index is 15.4. The number of anilines is 2. The van der Waals surface area contributed by atoms with E-state index in [9.17, 15) is 9.59 Å². The van der Waals surface area contributed by atoms with E-state index in [1.165, 1.54) is 43.5 Å². The highest BCUT2D eigenvalue weighted by atomic mass is 32.2. The van der Waals surface area contributed by atoms with Crippen molar-refractivity contribution < 1.29 is 73.9 Å². The molecule has 0 unspecified atom stereocenters. The second kappa shape index (κ2) is 27.4. The van der Waals surface area contributed by atoms with Crippen molar-refractivity contribution in [2.75, 3.05) is 114 Å². The van der Waals surface area contributed by atoms with Crippen molar-refractivity contribution in [3.05, 3.63) is 95.1 Å². The van der Waals surface area contributed by atoms with Gasteiger partial charge in [0.1, 0.15) is 32.8 Å². The van der Waals surface area contributed by atoms with Crippen molar-refractivity contribution >= 4 is 55.1 Å². The summed E-state index contributed by atoms with van der Waals surface area (Å²) in [5, 5.41) is 5.81. The summed E-state index contributed by atoms with van der Waals surface area (Å²) in [4.78, 5) is 61.3. The fraction of sp³-hybridized carbons (Fsp3) is 0.576. The van der Waals surface area contributed by atoms with Crippen LogP contribution in [0.1, 0.15) is 138 Å². The highest BCUT2D eigenvalue weighted by molar-refractivity contribution is 7.94. The predicted octanol–water partition coefficient (Wildman–Crippen LogP) is 7.53. The highest BCUT2D eigenvalue weighted by Crippen LogP contribution is 2.55. The van der Waals surface area contributed by atoms with Crippen LogP contribution in [0.15, 0.2) is 82.6 Å². The Balaban J connectivity index is 0.883. The summed E-state index contributed by atoms with van der Waals surface area (Å²) in [5.74, 6) is -1.47. The molecule has 2 aliphatic carbocycles. The number of ether oxygens (including phenoxy) is 8. The molecule has 10 rings (SSSR count). The van der Waals surface area contributed by atoms with Gasteiger partial charge < -0.3 is 48.5 Å². The first-order chi connectivity index (χ1) is 42.9. The minimum Gasteiger partial charge on any atom is -0.495 e. The molecule has 490 valence electrons. The molecule has 2 spiro atoms. The van der Waals surface area contributed by atoms with Gasteiger partial charge in [0.2, 0.25) is 0 Å². The van der Waals surface area contributed by atoms with Crippen molar-refractivity contribution in [3.63, 3.8) is 0 Å². The summed E-state index contributed by atoms with van der Waals surface area (Å²) >= 11 is 0. The van der Waals surface area contributed by atoms with E-state index in [-0.39, 0.29) is 75.6 Å². The maximum atomic E-state index is 15.4. The van der Waals surface area contributed by atoms with Crippen molar-refractivity contribution in [2.24, 2.45) is 0 Å². The molecule has 2 saturated heterocycles. The predicted molar refractivity (Wildman–Crippen MR) is 337 cm³/mol. The SMILES string of the molecule is CCOc1ccc2c(c1)C1(CCC(OCCN3CCOCC3)CC1)C(=O)N2S(=O)(=O)c1ccc(C(=O)NC(C)(C)C)cc1OCCCOc1ccc2c(c1)C1(CCC(OCCN3CCOCC3)CC1)C(=O)N2S(=O)(=O)c1ccc(C(=O)NC(C)(C)C)cc1OC. The highest BCUT2D eigenvalue weighted by Gasteiger charge is 2.58. The molecule has 0 bridgehead atoms. The summed E-state index contributed by atoms with van der Waals surface area (Å²) in [5.41, 5.74) is -1.89. The Labute approximate surface area is 529 Å². The number of morpholine rings is 2. The molecule has 24 heteroatoms. The molecule has 4 heterocycles. The Morgan fingerprint density at radius 1 is 0.556 bits per heavy atom. The van der Waals surface area contributed by atoms with Gasteiger partial charge >= 0.3 is 0 Å². The standard InChI is InChI=1S/C66H88N6O16S2/c1-9-84-49-13-15-53-51(43-49)65(23-19-47(20-24-65)86-39-31-69-27-35-82-36-28-69)62(76)72(53)90(79,80)58-18-12-46(60(74)68-64(5,6)7)42-56(58)88-34-10-33-85-50-14-16-54-52(44-50)66(25-21-48(22-26-66)87-40-32-70-29-37-83-38-30-70)61(75)71(54)89(77,78)57-17-11-45(41-55(57)81-8)59(73)67-63(2,3)4/h11-18,41-44,47-48H,9-10,19-40H2,1-8H3,(H,67,73)(H,68,74). The summed E-state index contributed by atoms with van der Waals surface area (Å²) in [7, 11) is -8.07. The first-order valence-electron chi connectivity index (χ1n) is 31.5. The maximum Gasteiger partial charge on any atom is 0.274 e. The van der Waals surface area contributed by atoms with Gasteiger partial charge in [-0.3, -0.25) is 29.0 Å². The second-order valence-electron chi connectivity index (χ2n) is 26.1. The second-order valence-corrected chi connectivity index (χ2v) is 29.6. The van der Waals surface area contributed by atoms with Crippen LogP contribution in [0.4, 0.5) is 11.4 Å². The molecule has 4 aromatic rings. The van der Waals surface area contributed by atoms with Crippen LogP contribution in [-0.4, -0.2) is 179 Å². The van der Waals surface area contributed by atoms with Gasteiger partial charge in [-0.15, -0.1) is 0 Å². The topological polar surface area (TPSA) is 247 Å². The Bertz CT molecular complexity index is 3500. The number of nitrogens with zero attached hydrogens (tertiary/aromatic N) is 4. The number of sulfonamides is 2. The van der Waals surface area contributed by atoms with Crippen molar-refractivity contribution in [1.29, 1.82) is 0 Å². The summed E-state index contributed by atoms with van der Waals surface area (Å²) < 4.78 is 111. The number of hydrogen-bond donors (Lipinski definition) is 2. The van der Waals surface area contributed by atoms with Gasteiger partial charge in [0.25, 0.3) is 43.7 Å².